The van der Waals surface area contributed by atoms with Crippen molar-refractivity contribution in [2.75, 3.05) is 37.4 Å². The number of amides is 1. The molecule has 38 heavy (non-hydrogen) atoms. The van der Waals surface area contributed by atoms with Crippen molar-refractivity contribution in [2.24, 2.45) is 5.73 Å². The molecule has 2 rings (SSSR count). The summed E-state index contributed by atoms with van der Waals surface area (Å²) in [4.78, 5) is 63.8. The molecule has 4 N–H and O–H groups in total. The molecular formula is C26H37N3O8S. The number of carbonyl (C=O) groups is 5. The van der Waals surface area contributed by atoms with Crippen LogP contribution in [0.4, 0.5) is 5.69 Å². The summed E-state index contributed by atoms with van der Waals surface area (Å²) in [6, 6.07) is 4.25. The number of esters is 3. The van der Waals surface area contributed by atoms with Crippen molar-refractivity contribution < 1.29 is 38.2 Å². The molecule has 210 valence electrons. The largest absolute Gasteiger partial charge is 0.466 e. The monoisotopic (exact) mass is 551 g/mol. The average molecular weight is 552 g/mol. The molecule has 1 heterocycles. The summed E-state index contributed by atoms with van der Waals surface area (Å²) >= 11 is 1.64. The Morgan fingerprint density at radius 3 is 2.45 bits per heavy atom. The van der Waals surface area contributed by atoms with E-state index in [4.69, 9.17) is 19.9 Å². The van der Waals surface area contributed by atoms with Gasteiger partial charge in [0.1, 0.15) is 6.04 Å². The molecule has 1 aromatic carbocycles. The van der Waals surface area contributed by atoms with Gasteiger partial charge < -0.3 is 30.6 Å². The third-order valence-electron chi connectivity index (χ3n) is 5.86. The number of ketones is 1. The van der Waals surface area contributed by atoms with Gasteiger partial charge in [-0.3, -0.25) is 14.4 Å². The van der Waals surface area contributed by atoms with Crippen molar-refractivity contribution in [1.29, 1.82) is 0 Å². The Kier molecular flexibility index (Phi) is 12.5. The van der Waals surface area contributed by atoms with Crippen molar-refractivity contribution >= 4 is 47.0 Å². The number of Topliss-reactive ketones (excluding diaryl/α,β-unsaturated/α-hetero) is 1. The number of hydrogen-bond acceptors (Lipinski definition) is 11. The van der Waals surface area contributed by atoms with E-state index in [0.717, 1.165) is 22.9 Å². The summed E-state index contributed by atoms with van der Waals surface area (Å²) in [5.74, 6) is -2.34. The SMILES string of the molecule is CCOC(=O)CCC(N)(C(=O)CCCC(NC(=O)c1ccc2c(c1)SCCN2)C(=O)OCC)C(=O)OCC. The van der Waals surface area contributed by atoms with Crippen molar-refractivity contribution in [1.82, 2.24) is 5.32 Å². The van der Waals surface area contributed by atoms with Gasteiger partial charge in [0, 0.05) is 41.3 Å². The molecule has 1 aromatic rings. The van der Waals surface area contributed by atoms with Crippen LogP contribution in [0.2, 0.25) is 0 Å². The molecule has 12 heteroatoms. The quantitative estimate of drug-likeness (QED) is 0.166. The number of ether oxygens (including phenoxy) is 3. The van der Waals surface area contributed by atoms with Gasteiger partial charge in [0.25, 0.3) is 5.91 Å². The number of anilines is 1. The molecule has 0 aliphatic carbocycles. The second-order valence-corrected chi connectivity index (χ2v) is 9.71. The normalized spacial score (nSPS) is 14.6. The van der Waals surface area contributed by atoms with Gasteiger partial charge in [-0.2, -0.15) is 0 Å². The first kappa shape index (κ1) is 31.1. The summed E-state index contributed by atoms with van der Waals surface area (Å²) in [5, 5.41) is 5.96. The number of benzene rings is 1. The summed E-state index contributed by atoms with van der Waals surface area (Å²) in [5.41, 5.74) is 5.47. The molecule has 0 fully saturated rings. The lowest BCUT2D eigenvalue weighted by atomic mass is 9.86. The first-order valence-electron chi connectivity index (χ1n) is 12.8. The fraction of sp³-hybridized carbons (Fsp3) is 0.577. The number of thioether (sulfide) groups is 1. The van der Waals surface area contributed by atoms with Gasteiger partial charge in [0.15, 0.2) is 11.3 Å². The summed E-state index contributed by atoms with van der Waals surface area (Å²) in [6.07, 6.45) is -0.471. The van der Waals surface area contributed by atoms with Gasteiger partial charge in [-0.1, -0.05) is 0 Å². The molecular weight excluding hydrogens is 514 g/mol. The van der Waals surface area contributed by atoms with E-state index in [1.54, 1.807) is 44.7 Å². The zero-order chi connectivity index (χ0) is 28.1. The highest BCUT2D eigenvalue weighted by molar-refractivity contribution is 7.99. The van der Waals surface area contributed by atoms with Crippen LogP contribution in [0.3, 0.4) is 0 Å². The van der Waals surface area contributed by atoms with Gasteiger partial charge in [-0.15, -0.1) is 11.8 Å². The summed E-state index contributed by atoms with van der Waals surface area (Å²) in [7, 11) is 0. The van der Waals surface area contributed by atoms with Crippen LogP contribution in [0.1, 0.15) is 63.2 Å². The number of hydrogen-bond donors (Lipinski definition) is 3. The number of carbonyl (C=O) groups excluding carboxylic acids is 5. The highest BCUT2D eigenvalue weighted by Gasteiger charge is 2.43. The predicted molar refractivity (Wildman–Crippen MR) is 142 cm³/mol. The average Bonchev–Trinajstić information content (AvgIpc) is 2.91. The smallest absolute Gasteiger partial charge is 0.333 e. The molecule has 0 spiro atoms. The summed E-state index contributed by atoms with van der Waals surface area (Å²) in [6.45, 7) is 6.01. The molecule has 0 radical (unpaired) electrons. The molecule has 2 atom stereocenters. The van der Waals surface area contributed by atoms with Crippen molar-refractivity contribution in [3.05, 3.63) is 23.8 Å². The lowest BCUT2D eigenvalue weighted by molar-refractivity contribution is -0.155. The first-order chi connectivity index (χ1) is 18.2. The van der Waals surface area contributed by atoms with Crippen LogP contribution in [-0.2, 0) is 33.4 Å². The zero-order valence-corrected chi connectivity index (χ0v) is 22.9. The van der Waals surface area contributed by atoms with E-state index in [1.165, 1.54) is 0 Å². The van der Waals surface area contributed by atoms with E-state index in [1.807, 2.05) is 6.07 Å². The van der Waals surface area contributed by atoms with Crippen LogP contribution in [-0.4, -0.2) is 73.3 Å². The minimum Gasteiger partial charge on any atom is -0.466 e. The maximum Gasteiger partial charge on any atom is 0.333 e. The third-order valence-corrected chi connectivity index (χ3v) is 6.92. The number of nitrogens with two attached hydrogens (primary N) is 1. The van der Waals surface area contributed by atoms with Gasteiger partial charge in [-0.25, -0.2) is 9.59 Å². The lowest BCUT2D eigenvalue weighted by Gasteiger charge is -2.25. The lowest BCUT2D eigenvalue weighted by Crippen LogP contribution is -2.56. The molecule has 2 unspecified atom stereocenters. The van der Waals surface area contributed by atoms with Crippen LogP contribution < -0.4 is 16.4 Å². The first-order valence-corrected chi connectivity index (χ1v) is 13.8. The molecule has 0 bridgehead atoms. The fourth-order valence-electron chi connectivity index (χ4n) is 3.85. The highest BCUT2D eigenvalue weighted by atomic mass is 32.2. The van der Waals surface area contributed by atoms with E-state index < -0.39 is 41.2 Å². The minimum atomic E-state index is -2.03. The Bertz CT molecular complexity index is 1020. The van der Waals surface area contributed by atoms with Crippen LogP contribution in [0, 0.1) is 0 Å². The van der Waals surface area contributed by atoms with Gasteiger partial charge >= 0.3 is 17.9 Å². The maximum atomic E-state index is 13.0. The molecule has 1 aliphatic rings. The van der Waals surface area contributed by atoms with Gasteiger partial charge in [0.05, 0.1) is 19.8 Å². The van der Waals surface area contributed by atoms with Crippen LogP contribution >= 0.6 is 11.8 Å². The number of nitrogens with one attached hydrogen (secondary N) is 2. The van der Waals surface area contributed by atoms with E-state index in [2.05, 4.69) is 10.6 Å². The van der Waals surface area contributed by atoms with Crippen LogP contribution in [0.15, 0.2) is 23.1 Å². The Balaban J connectivity index is 2.06. The van der Waals surface area contributed by atoms with Gasteiger partial charge in [0.2, 0.25) is 0 Å². The number of fused-ring (bicyclic) bond motifs is 1. The maximum absolute atomic E-state index is 13.0. The van der Waals surface area contributed by atoms with E-state index in [9.17, 15) is 24.0 Å². The second-order valence-electron chi connectivity index (χ2n) is 8.58. The Morgan fingerprint density at radius 1 is 1.05 bits per heavy atom. The fourth-order valence-corrected chi connectivity index (χ4v) is 4.78. The van der Waals surface area contributed by atoms with E-state index in [0.29, 0.717) is 5.56 Å². The molecule has 11 nitrogen and oxygen atoms in total. The molecule has 0 saturated carbocycles. The van der Waals surface area contributed by atoms with E-state index >= 15 is 0 Å². The molecule has 1 amide bonds. The van der Waals surface area contributed by atoms with Crippen molar-refractivity contribution in [2.45, 2.75) is 69.4 Å². The Morgan fingerprint density at radius 2 is 1.76 bits per heavy atom. The summed E-state index contributed by atoms with van der Waals surface area (Å²) < 4.78 is 15.0. The van der Waals surface area contributed by atoms with E-state index in [-0.39, 0.29) is 51.9 Å². The highest BCUT2D eigenvalue weighted by Crippen LogP contribution is 2.31. The predicted octanol–water partition coefficient (Wildman–Crippen LogP) is 2.21. The topological polar surface area (TPSA) is 163 Å². The molecule has 1 aliphatic heterocycles. The van der Waals surface area contributed by atoms with Gasteiger partial charge in [-0.05, 0) is 58.2 Å². The third kappa shape index (κ3) is 8.73. The molecule has 0 saturated heterocycles. The standard InChI is InChI=1S/C26H37N3O8S/c1-4-35-22(31)12-13-26(27,25(34)37-6-3)21(30)9-7-8-19(24(33)36-5-2)29-23(32)17-10-11-18-20(16-17)38-15-14-28-18/h10-11,16,19,28H,4-9,12-15,27H2,1-3H3,(H,29,32). The van der Waals surface area contributed by atoms with Crippen molar-refractivity contribution in [3.8, 4) is 0 Å². The van der Waals surface area contributed by atoms with Crippen LogP contribution in [0.5, 0.6) is 0 Å². The number of rotatable bonds is 15. The zero-order valence-electron chi connectivity index (χ0n) is 22.1. The Hall–Kier alpha value is -3.12. The van der Waals surface area contributed by atoms with Crippen molar-refractivity contribution in [3.63, 3.8) is 0 Å². The Labute approximate surface area is 226 Å². The molecule has 0 aromatic heterocycles. The second kappa shape index (κ2) is 15.3. The van der Waals surface area contributed by atoms with Crippen LogP contribution in [0.25, 0.3) is 0 Å². The minimum absolute atomic E-state index is 0.0126.